The summed E-state index contributed by atoms with van der Waals surface area (Å²) in [4.78, 5) is 12.1. The van der Waals surface area contributed by atoms with Gasteiger partial charge in [-0.3, -0.25) is 4.79 Å². The molecule has 0 aromatic heterocycles. The first-order valence-electron chi connectivity index (χ1n) is 6.44. The second-order valence-electron chi connectivity index (χ2n) is 4.47. The van der Waals surface area contributed by atoms with E-state index in [1.807, 2.05) is 6.92 Å². The smallest absolute Gasteiger partial charge is 0.227 e. The normalized spacial score (nSPS) is 12.2. The molecule has 1 amide bonds. The molecule has 0 aliphatic rings. The molecule has 18 heavy (non-hydrogen) atoms. The van der Waals surface area contributed by atoms with Gasteiger partial charge >= 0.3 is 0 Å². The topological polar surface area (TPSA) is 55.1 Å². The van der Waals surface area contributed by atoms with Crippen molar-refractivity contribution in [3.05, 3.63) is 23.2 Å². The number of carbonyl (C=O) groups is 1. The van der Waals surface area contributed by atoms with Gasteiger partial charge in [-0.05, 0) is 31.0 Å². The highest BCUT2D eigenvalue weighted by Gasteiger charge is 2.15. The van der Waals surface area contributed by atoms with Crippen molar-refractivity contribution < 1.29 is 4.79 Å². The molecule has 4 heteroatoms. The van der Waals surface area contributed by atoms with E-state index >= 15 is 0 Å². The molecule has 0 spiro atoms. The maximum atomic E-state index is 12.1. The van der Waals surface area contributed by atoms with Crippen molar-refractivity contribution in [2.24, 2.45) is 5.92 Å². The number of rotatable bonds is 6. The number of hydrogen-bond acceptors (Lipinski definition) is 2. The Hall–Kier alpha value is -1.22. The average molecular weight is 269 g/mol. The predicted octanol–water partition coefficient (Wildman–Crippen LogP) is 4.08. The molecule has 100 valence electrons. The third-order valence-electron chi connectivity index (χ3n) is 3.03. The summed E-state index contributed by atoms with van der Waals surface area (Å²) in [6.07, 6.45) is 3.98. The fourth-order valence-electron chi connectivity index (χ4n) is 1.84. The SMILES string of the molecule is CCCCC(CC)C(=O)Nc1ccc(Cl)c(N)c1. The minimum Gasteiger partial charge on any atom is -0.397 e. The fraction of sp³-hybridized carbons (Fsp3) is 0.500. The standard InChI is InChI=1S/C14H21ClN2O/c1-3-5-6-10(4-2)14(18)17-11-7-8-12(15)13(16)9-11/h7-10H,3-6,16H2,1-2H3,(H,17,18). The highest BCUT2D eigenvalue weighted by atomic mass is 35.5. The maximum Gasteiger partial charge on any atom is 0.227 e. The Kier molecular flexibility index (Phi) is 5.99. The van der Waals surface area contributed by atoms with Crippen molar-refractivity contribution >= 4 is 28.9 Å². The van der Waals surface area contributed by atoms with Crippen molar-refractivity contribution in [3.8, 4) is 0 Å². The minimum atomic E-state index is 0.0627. The largest absolute Gasteiger partial charge is 0.397 e. The Morgan fingerprint density at radius 3 is 2.72 bits per heavy atom. The summed E-state index contributed by atoms with van der Waals surface area (Å²) >= 11 is 5.84. The Morgan fingerprint density at radius 1 is 1.44 bits per heavy atom. The van der Waals surface area contributed by atoms with Crippen molar-refractivity contribution in [1.82, 2.24) is 0 Å². The van der Waals surface area contributed by atoms with Gasteiger partial charge in [-0.15, -0.1) is 0 Å². The summed E-state index contributed by atoms with van der Waals surface area (Å²) in [7, 11) is 0. The Morgan fingerprint density at radius 2 is 2.17 bits per heavy atom. The van der Waals surface area contributed by atoms with E-state index in [-0.39, 0.29) is 11.8 Å². The van der Waals surface area contributed by atoms with Crippen LogP contribution in [-0.4, -0.2) is 5.91 Å². The Bertz CT molecular complexity index is 407. The number of hydrogen-bond donors (Lipinski definition) is 2. The zero-order valence-corrected chi connectivity index (χ0v) is 11.8. The fourth-order valence-corrected chi connectivity index (χ4v) is 1.95. The van der Waals surface area contributed by atoms with Crippen LogP contribution in [0.2, 0.25) is 5.02 Å². The van der Waals surface area contributed by atoms with Gasteiger partial charge in [0, 0.05) is 11.6 Å². The van der Waals surface area contributed by atoms with Crippen LogP contribution in [0.3, 0.4) is 0 Å². The first-order chi connectivity index (χ1) is 8.58. The van der Waals surface area contributed by atoms with Crippen LogP contribution in [0.5, 0.6) is 0 Å². The third-order valence-corrected chi connectivity index (χ3v) is 3.38. The molecule has 0 fully saturated rings. The van der Waals surface area contributed by atoms with Crippen LogP contribution in [0, 0.1) is 5.92 Å². The van der Waals surface area contributed by atoms with E-state index in [0.717, 1.165) is 25.7 Å². The number of amides is 1. The monoisotopic (exact) mass is 268 g/mol. The van der Waals surface area contributed by atoms with Gasteiger partial charge in [0.15, 0.2) is 0 Å². The Balaban J connectivity index is 2.64. The molecule has 0 aliphatic carbocycles. The molecule has 1 atom stereocenters. The van der Waals surface area contributed by atoms with E-state index in [0.29, 0.717) is 16.4 Å². The number of anilines is 2. The zero-order valence-electron chi connectivity index (χ0n) is 11.0. The number of carbonyl (C=O) groups excluding carboxylic acids is 1. The molecular weight excluding hydrogens is 248 g/mol. The number of nitrogen functional groups attached to an aromatic ring is 1. The highest BCUT2D eigenvalue weighted by molar-refractivity contribution is 6.33. The molecule has 3 nitrogen and oxygen atoms in total. The Labute approximate surface area is 114 Å². The summed E-state index contributed by atoms with van der Waals surface area (Å²) < 4.78 is 0. The van der Waals surface area contributed by atoms with Gasteiger partial charge in [0.05, 0.1) is 10.7 Å². The van der Waals surface area contributed by atoms with E-state index in [9.17, 15) is 4.79 Å². The van der Waals surface area contributed by atoms with Gasteiger partial charge in [-0.1, -0.05) is 38.3 Å². The minimum absolute atomic E-state index is 0.0627. The quantitative estimate of drug-likeness (QED) is 0.764. The van der Waals surface area contributed by atoms with Crippen LogP contribution < -0.4 is 11.1 Å². The van der Waals surface area contributed by atoms with Crippen LogP contribution in [0.15, 0.2) is 18.2 Å². The van der Waals surface area contributed by atoms with Gasteiger partial charge in [0.25, 0.3) is 0 Å². The lowest BCUT2D eigenvalue weighted by molar-refractivity contribution is -0.120. The van der Waals surface area contributed by atoms with Crippen molar-refractivity contribution in [3.63, 3.8) is 0 Å². The van der Waals surface area contributed by atoms with Crippen molar-refractivity contribution in [2.75, 3.05) is 11.1 Å². The summed E-state index contributed by atoms with van der Waals surface area (Å²) in [5.74, 6) is 0.134. The van der Waals surface area contributed by atoms with E-state index in [4.69, 9.17) is 17.3 Å². The van der Waals surface area contributed by atoms with Crippen LogP contribution >= 0.6 is 11.6 Å². The summed E-state index contributed by atoms with van der Waals surface area (Å²) in [6, 6.07) is 5.15. The summed E-state index contributed by atoms with van der Waals surface area (Å²) in [5, 5.41) is 3.40. The molecule has 0 bridgehead atoms. The van der Waals surface area contributed by atoms with Crippen molar-refractivity contribution in [1.29, 1.82) is 0 Å². The van der Waals surface area contributed by atoms with Gasteiger partial charge in [-0.2, -0.15) is 0 Å². The van der Waals surface area contributed by atoms with Crippen LogP contribution in [0.4, 0.5) is 11.4 Å². The average Bonchev–Trinajstić information content (AvgIpc) is 2.35. The second kappa shape index (κ2) is 7.27. The van der Waals surface area contributed by atoms with Gasteiger partial charge < -0.3 is 11.1 Å². The first-order valence-corrected chi connectivity index (χ1v) is 6.82. The number of nitrogens with one attached hydrogen (secondary N) is 1. The molecule has 0 saturated carbocycles. The first kappa shape index (κ1) is 14.8. The van der Waals surface area contributed by atoms with Crippen LogP contribution in [0.25, 0.3) is 0 Å². The van der Waals surface area contributed by atoms with Gasteiger partial charge in [-0.25, -0.2) is 0 Å². The molecule has 1 aromatic rings. The zero-order chi connectivity index (χ0) is 13.5. The molecule has 1 aromatic carbocycles. The molecule has 0 aliphatic heterocycles. The lowest BCUT2D eigenvalue weighted by atomic mass is 9.98. The van der Waals surface area contributed by atoms with E-state index < -0.39 is 0 Å². The molecule has 0 saturated heterocycles. The van der Waals surface area contributed by atoms with E-state index in [1.54, 1.807) is 18.2 Å². The molecule has 0 radical (unpaired) electrons. The lowest BCUT2D eigenvalue weighted by Crippen LogP contribution is -2.22. The number of halogens is 1. The molecule has 1 rings (SSSR count). The molecule has 3 N–H and O–H groups in total. The van der Waals surface area contributed by atoms with E-state index in [1.165, 1.54) is 0 Å². The maximum absolute atomic E-state index is 12.1. The number of benzene rings is 1. The summed E-state index contributed by atoms with van der Waals surface area (Å²) in [5.41, 5.74) is 6.89. The van der Waals surface area contributed by atoms with E-state index in [2.05, 4.69) is 12.2 Å². The number of unbranched alkanes of at least 4 members (excludes halogenated alkanes) is 1. The third kappa shape index (κ3) is 4.22. The van der Waals surface area contributed by atoms with Gasteiger partial charge in [0.2, 0.25) is 5.91 Å². The predicted molar refractivity (Wildman–Crippen MR) is 77.8 cm³/mol. The lowest BCUT2D eigenvalue weighted by Gasteiger charge is -2.15. The number of nitrogens with two attached hydrogens (primary N) is 1. The van der Waals surface area contributed by atoms with Crippen LogP contribution in [0.1, 0.15) is 39.5 Å². The molecule has 1 unspecified atom stereocenters. The highest BCUT2D eigenvalue weighted by Crippen LogP contribution is 2.23. The molecular formula is C14H21ClN2O. The summed E-state index contributed by atoms with van der Waals surface area (Å²) in [6.45, 7) is 4.17. The van der Waals surface area contributed by atoms with Crippen LogP contribution in [-0.2, 0) is 4.79 Å². The van der Waals surface area contributed by atoms with Gasteiger partial charge in [0.1, 0.15) is 0 Å². The van der Waals surface area contributed by atoms with Crippen molar-refractivity contribution in [2.45, 2.75) is 39.5 Å². The molecule has 0 heterocycles. The second-order valence-corrected chi connectivity index (χ2v) is 4.88.